The zero-order valence-corrected chi connectivity index (χ0v) is 8.34. The van der Waals surface area contributed by atoms with Crippen LogP contribution in [0.5, 0.6) is 0 Å². The minimum atomic E-state index is -0.916. The van der Waals surface area contributed by atoms with E-state index >= 15 is 0 Å². The van der Waals surface area contributed by atoms with Crippen molar-refractivity contribution >= 4 is 5.97 Å². The Morgan fingerprint density at radius 1 is 1.20 bits per heavy atom. The molecule has 3 nitrogen and oxygen atoms in total. The Hall–Kier alpha value is -2.03. The van der Waals surface area contributed by atoms with E-state index in [0.717, 1.165) is 11.3 Å². The second-order valence-electron chi connectivity index (χ2n) is 3.40. The van der Waals surface area contributed by atoms with Gasteiger partial charge in [-0.3, -0.25) is 0 Å². The zero-order valence-electron chi connectivity index (χ0n) is 8.34. The lowest BCUT2D eigenvalue weighted by molar-refractivity contribution is 0.0688. The normalized spacial score (nSPS) is 10.2. The maximum Gasteiger partial charge on any atom is 0.352 e. The topological polar surface area (TPSA) is 42.2 Å². The average Bonchev–Trinajstić information content (AvgIpc) is 2.67. The van der Waals surface area contributed by atoms with Crippen LogP contribution in [0.2, 0.25) is 0 Å². The molecule has 2 rings (SSSR count). The highest BCUT2D eigenvalue weighted by molar-refractivity contribution is 5.86. The molecule has 0 atom stereocenters. The highest BCUT2D eigenvalue weighted by atomic mass is 16.4. The number of rotatable bonds is 2. The predicted octanol–water partition coefficient (Wildman–Crippen LogP) is 2.48. The summed E-state index contributed by atoms with van der Waals surface area (Å²) in [5.74, 6) is -0.916. The van der Waals surface area contributed by atoms with Gasteiger partial charge in [-0.15, -0.1) is 0 Å². The van der Waals surface area contributed by atoms with E-state index in [1.54, 1.807) is 22.9 Å². The van der Waals surface area contributed by atoms with Crippen LogP contribution in [0.25, 0.3) is 5.69 Å². The number of aryl methyl sites for hydroxylation is 1. The minimum absolute atomic E-state index is 0.277. The van der Waals surface area contributed by atoms with E-state index in [2.05, 4.69) is 0 Å². The lowest BCUT2D eigenvalue weighted by atomic mass is 10.2. The molecule has 15 heavy (non-hydrogen) atoms. The molecule has 1 aromatic heterocycles. The van der Waals surface area contributed by atoms with Crippen LogP contribution < -0.4 is 0 Å². The molecule has 1 heterocycles. The molecule has 0 bridgehead atoms. The number of carboxylic acid groups (broad SMARTS) is 1. The van der Waals surface area contributed by atoms with Gasteiger partial charge in [0, 0.05) is 11.9 Å². The Kier molecular flexibility index (Phi) is 2.29. The monoisotopic (exact) mass is 201 g/mol. The molecule has 0 unspecified atom stereocenters. The van der Waals surface area contributed by atoms with Crippen molar-refractivity contribution in [2.45, 2.75) is 6.92 Å². The Labute approximate surface area is 87.6 Å². The first-order valence-electron chi connectivity index (χ1n) is 4.66. The summed E-state index contributed by atoms with van der Waals surface area (Å²) in [7, 11) is 0. The molecule has 0 aliphatic heterocycles. The van der Waals surface area contributed by atoms with Gasteiger partial charge in [0.15, 0.2) is 0 Å². The molecule has 0 amide bonds. The van der Waals surface area contributed by atoms with Crippen molar-refractivity contribution in [1.29, 1.82) is 0 Å². The molecule has 0 fully saturated rings. The molecule has 2 aromatic rings. The second-order valence-corrected chi connectivity index (χ2v) is 3.40. The van der Waals surface area contributed by atoms with Gasteiger partial charge in [-0.2, -0.15) is 0 Å². The number of hydrogen-bond acceptors (Lipinski definition) is 1. The van der Waals surface area contributed by atoms with Crippen molar-refractivity contribution in [3.05, 3.63) is 53.9 Å². The van der Waals surface area contributed by atoms with Gasteiger partial charge in [0.2, 0.25) is 0 Å². The number of aromatic nitrogens is 1. The van der Waals surface area contributed by atoms with E-state index in [1.165, 1.54) is 0 Å². The molecule has 0 spiro atoms. The fourth-order valence-electron chi connectivity index (χ4n) is 1.49. The van der Waals surface area contributed by atoms with Gasteiger partial charge in [0.1, 0.15) is 5.69 Å². The summed E-state index contributed by atoms with van der Waals surface area (Å²) < 4.78 is 1.65. The number of benzene rings is 1. The molecule has 0 aliphatic carbocycles. The van der Waals surface area contributed by atoms with Gasteiger partial charge in [-0.05, 0) is 31.2 Å². The first-order chi connectivity index (χ1) is 7.18. The van der Waals surface area contributed by atoms with Gasteiger partial charge in [0.25, 0.3) is 0 Å². The first-order valence-corrected chi connectivity index (χ1v) is 4.66. The van der Waals surface area contributed by atoms with Crippen molar-refractivity contribution in [2.75, 3.05) is 0 Å². The van der Waals surface area contributed by atoms with Gasteiger partial charge in [-0.25, -0.2) is 4.79 Å². The molecule has 1 N–H and O–H groups in total. The van der Waals surface area contributed by atoms with Gasteiger partial charge < -0.3 is 9.67 Å². The zero-order chi connectivity index (χ0) is 10.8. The Balaban J connectivity index is 2.49. The number of carboxylic acids is 1. The maximum atomic E-state index is 10.9. The summed E-state index contributed by atoms with van der Waals surface area (Å²) in [4.78, 5) is 10.9. The van der Waals surface area contributed by atoms with Crippen LogP contribution in [0.15, 0.2) is 42.6 Å². The third kappa shape index (κ3) is 1.76. The molecular formula is C12H11NO2. The van der Waals surface area contributed by atoms with Crippen molar-refractivity contribution in [3.8, 4) is 5.69 Å². The van der Waals surface area contributed by atoms with E-state index in [1.807, 2.05) is 31.2 Å². The van der Waals surface area contributed by atoms with Crippen LogP contribution >= 0.6 is 0 Å². The summed E-state index contributed by atoms with van der Waals surface area (Å²) in [6, 6.07) is 11.0. The third-order valence-corrected chi connectivity index (χ3v) is 2.28. The van der Waals surface area contributed by atoms with E-state index in [-0.39, 0.29) is 5.69 Å². The first kappa shape index (κ1) is 9.52. The number of nitrogens with zero attached hydrogens (tertiary/aromatic N) is 1. The molecular weight excluding hydrogens is 190 g/mol. The summed E-state index contributed by atoms with van der Waals surface area (Å²) in [5, 5.41) is 8.95. The van der Waals surface area contributed by atoms with Crippen molar-refractivity contribution in [3.63, 3.8) is 0 Å². The van der Waals surface area contributed by atoms with Crippen LogP contribution in [0, 0.1) is 6.92 Å². The Morgan fingerprint density at radius 3 is 2.47 bits per heavy atom. The van der Waals surface area contributed by atoms with Gasteiger partial charge >= 0.3 is 5.97 Å². The highest BCUT2D eigenvalue weighted by Crippen LogP contribution is 2.13. The van der Waals surface area contributed by atoms with E-state index < -0.39 is 5.97 Å². The fraction of sp³-hybridized carbons (Fsp3) is 0.0833. The SMILES string of the molecule is Cc1ccc(-n2cccc2C(=O)O)cc1. The van der Waals surface area contributed by atoms with E-state index in [9.17, 15) is 4.79 Å². The molecule has 0 saturated heterocycles. The van der Waals surface area contributed by atoms with E-state index in [0.29, 0.717) is 0 Å². The Bertz CT molecular complexity index is 483. The van der Waals surface area contributed by atoms with Crippen LogP contribution in [0.1, 0.15) is 16.1 Å². The average molecular weight is 201 g/mol. The third-order valence-electron chi connectivity index (χ3n) is 2.28. The molecule has 1 aromatic carbocycles. The maximum absolute atomic E-state index is 10.9. The highest BCUT2D eigenvalue weighted by Gasteiger charge is 2.09. The lowest BCUT2D eigenvalue weighted by Crippen LogP contribution is -2.05. The number of aromatic carboxylic acids is 1. The van der Waals surface area contributed by atoms with Crippen molar-refractivity contribution in [1.82, 2.24) is 4.57 Å². The minimum Gasteiger partial charge on any atom is -0.477 e. The largest absolute Gasteiger partial charge is 0.477 e. The van der Waals surface area contributed by atoms with Crippen LogP contribution in [-0.2, 0) is 0 Å². The fourth-order valence-corrected chi connectivity index (χ4v) is 1.49. The molecule has 76 valence electrons. The summed E-state index contributed by atoms with van der Waals surface area (Å²) in [5.41, 5.74) is 2.30. The summed E-state index contributed by atoms with van der Waals surface area (Å²) >= 11 is 0. The van der Waals surface area contributed by atoms with Gasteiger partial charge in [0.05, 0.1) is 0 Å². The van der Waals surface area contributed by atoms with E-state index in [4.69, 9.17) is 5.11 Å². The quantitative estimate of drug-likeness (QED) is 0.811. The molecule has 3 heteroatoms. The van der Waals surface area contributed by atoms with Crippen LogP contribution in [-0.4, -0.2) is 15.6 Å². The summed E-state index contributed by atoms with van der Waals surface area (Å²) in [6.07, 6.45) is 1.74. The van der Waals surface area contributed by atoms with Crippen LogP contribution in [0.4, 0.5) is 0 Å². The molecule has 0 aliphatic rings. The Morgan fingerprint density at radius 2 is 1.87 bits per heavy atom. The van der Waals surface area contributed by atoms with Gasteiger partial charge in [-0.1, -0.05) is 17.7 Å². The van der Waals surface area contributed by atoms with Crippen molar-refractivity contribution < 1.29 is 9.90 Å². The standard InChI is InChI=1S/C12H11NO2/c1-9-4-6-10(7-5-9)13-8-2-3-11(13)12(14)15/h2-8H,1H3,(H,14,15). The number of hydrogen-bond donors (Lipinski definition) is 1. The molecule has 0 radical (unpaired) electrons. The predicted molar refractivity (Wildman–Crippen MR) is 57.5 cm³/mol. The van der Waals surface area contributed by atoms with Crippen LogP contribution in [0.3, 0.4) is 0 Å². The number of carbonyl (C=O) groups is 1. The smallest absolute Gasteiger partial charge is 0.352 e. The van der Waals surface area contributed by atoms with Crippen molar-refractivity contribution in [2.24, 2.45) is 0 Å². The summed E-state index contributed by atoms with van der Waals surface area (Å²) in [6.45, 7) is 2.00. The lowest BCUT2D eigenvalue weighted by Gasteiger charge is -2.06. The second kappa shape index (κ2) is 3.61. The molecule has 0 saturated carbocycles.